The zero-order valence-electron chi connectivity index (χ0n) is 81.0. The summed E-state index contributed by atoms with van der Waals surface area (Å²) in [7, 11) is -8.13. The number of aryl methyl sites for hydroxylation is 1. The summed E-state index contributed by atoms with van der Waals surface area (Å²) in [4.78, 5) is 47.1. The number of para-hydroxylation sites is 3. The number of hydrogen-bond donors (Lipinski definition) is 5. The summed E-state index contributed by atoms with van der Waals surface area (Å²) in [5, 5.41) is 24.0. The SMILES string of the molecule is CC(C)Oc1cc(N2CCC(N3CCN(C4CC4)CC3)CC2)ccc1Nc1ncc(Cl)c(Nc2ccccc2P(C)(C)=O)n1.COc1cc(-c2cnn(C)c2)ccc1Nc1ncc(Cl)c(Nc2ccccc2P(C)(C)=O)n1.COc1cc(P(C)(C)=O)ccc1Cc1ncc(Cl)c(N2CCS(=O)(=O)CC2)n1.COc1cc(P(C)(C)=O)ccc1Nc1ncc(Cl)c(N(C)c2ccccc2S(=O)(=O)C(C)C)n1. The Morgan fingerprint density at radius 2 is 0.950 bits per heavy atom. The number of methoxy groups -OCH3 is 3. The van der Waals surface area contributed by atoms with Gasteiger partial charge in [0.05, 0.1) is 114 Å². The fourth-order valence-electron chi connectivity index (χ4n) is 16.0. The van der Waals surface area contributed by atoms with Crippen molar-refractivity contribution in [3.63, 3.8) is 0 Å². The van der Waals surface area contributed by atoms with Gasteiger partial charge in [0.15, 0.2) is 42.9 Å². The lowest BCUT2D eigenvalue weighted by Crippen LogP contribution is -2.53. The summed E-state index contributed by atoms with van der Waals surface area (Å²) in [5.41, 5.74) is 7.92. The summed E-state index contributed by atoms with van der Waals surface area (Å²) in [6.45, 7) is 28.8. The van der Waals surface area contributed by atoms with E-state index in [1.54, 1.807) is 159 Å². The Morgan fingerprint density at radius 1 is 0.475 bits per heavy atom. The molecule has 3 saturated heterocycles. The fraction of sp³-hybridized carbons (Fsp3) is 0.371. The zero-order valence-corrected chi connectivity index (χ0v) is 89.2. The molecule has 0 unspecified atom stereocenters. The Labute approximate surface area is 834 Å². The van der Waals surface area contributed by atoms with E-state index < -0.39 is 53.5 Å². The van der Waals surface area contributed by atoms with E-state index in [4.69, 9.17) is 65.4 Å². The van der Waals surface area contributed by atoms with Crippen molar-refractivity contribution in [1.29, 1.82) is 0 Å². The van der Waals surface area contributed by atoms with Crippen molar-refractivity contribution in [3.8, 4) is 34.1 Å². The molecular weight excluding hydrogens is 1970 g/mol. The number of piperidine rings is 1. The first-order valence-corrected chi connectivity index (χ1v) is 60.5. The van der Waals surface area contributed by atoms with Crippen LogP contribution in [0.4, 0.5) is 80.9 Å². The third kappa shape index (κ3) is 27.9. The van der Waals surface area contributed by atoms with Gasteiger partial charge in [0.2, 0.25) is 17.8 Å². The summed E-state index contributed by atoms with van der Waals surface area (Å²) < 4.78 is 124. The van der Waals surface area contributed by atoms with E-state index in [0.717, 1.165) is 63.2 Å². The second kappa shape index (κ2) is 45.7. The standard InChI is InChI=1S/C33H45ClN7O2P.C23H24ClN6O2P.C23H28ClN4O4PS.C18H23ClN3O4PS/c1-23(2)43-30-21-26(39-15-13-25(14-16-39)41-19-17-40(18-20-41)24-9-10-24)11-12-28(30)37-33-35-22-27(34)32(38-33)36-29-7-5-6-8-31(29)44(3,4)42;1-30-14-16(12-26-30)15-9-10-18(20(11-15)32-2)28-23-25-13-17(24)22(29-23)27-19-7-5-6-8-21(19)33(3,4)31;1-15(2)34(30,31)21-10-8-7-9-19(21)28(3)22-17(24)14-25-23(27-22)26-18-12-11-16(33(5,6)29)13-20(18)32-4;1-26-16-11-14(27(2,3)23)5-4-13(16)10-17-20-12-15(19)18(21-17)22-6-8-28(24,25)9-7-22/h5-8,11-12,21-25H,9-10,13-20H2,1-4H3,(H2,35,36,37,38);5-14H,1-4H3,(H2,25,27,28,29);7-15H,1-6H3,(H,25,26,27);4-5,11-12H,6-10H2,1-3H3. The number of ether oxygens (including phenoxy) is 4. The van der Waals surface area contributed by atoms with E-state index in [-0.39, 0.29) is 33.5 Å². The van der Waals surface area contributed by atoms with E-state index in [2.05, 4.69) is 98.4 Å². The first kappa shape index (κ1) is 106. The fourth-order valence-corrected chi connectivity index (χ4v) is 23.2. The minimum absolute atomic E-state index is 0.00415. The first-order valence-electron chi connectivity index (χ1n) is 45.3. The predicted octanol–water partition coefficient (Wildman–Crippen LogP) is 19.0. The molecule has 0 amide bonds. The van der Waals surface area contributed by atoms with Gasteiger partial charge in [-0.1, -0.05) is 101 Å². The molecule has 0 bridgehead atoms. The van der Waals surface area contributed by atoms with E-state index in [9.17, 15) is 35.1 Å². The van der Waals surface area contributed by atoms with Crippen LogP contribution in [0.5, 0.6) is 23.0 Å². The van der Waals surface area contributed by atoms with Gasteiger partial charge in [-0.3, -0.25) is 14.5 Å². The van der Waals surface area contributed by atoms with Crippen LogP contribution < -0.4 is 81.4 Å². The normalized spacial score (nSPS) is 15.0. The van der Waals surface area contributed by atoms with Crippen molar-refractivity contribution in [1.82, 2.24) is 59.5 Å². The van der Waals surface area contributed by atoms with E-state index in [1.165, 1.54) is 83.3 Å². The molecule has 4 aliphatic rings. The van der Waals surface area contributed by atoms with Crippen molar-refractivity contribution in [2.45, 2.75) is 88.1 Å². The van der Waals surface area contributed by atoms with Gasteiger partial charge in [0.1, 0.15) is 77.5 Å². The highest BCUT2D eigenvalue weighted by atomic mass is 35.5. The highest BCUT2D eigenvalue weighted by Crippen LogP contribution is 2.45. The summed E-state index contributed by atoms with van der Waals surface area (Å²) in [5.74, 6) is 5.90. The average Bonchev–Trinajstić information content (AvgIpc) is 0.993. The average molecular weight is 2090 g/mol. The van der Waals surface area contributed by atoms with Crippen LogP contribution in [0.25, 0.3) is 11.1 Å². The monoisotopic (exact) mass is 2080 g/mol. The third-order valence-corrected chi connectivity index (χ3v) is 34.7. The Morgan fingerprint density at radius 3 is 1.46 bits per heavy atom. The molecule has 4 fully saturated rings. The minimum atomic E-state index is -3.54. The maximum absolute atomic E-state index is 12.9. The second-order valence-corrected chi connectivity index (χ2v) is 55.4. The van der Waals surface area contributed by atoms with Crippen LogP contribution >= 0.6 is 75.0 Å². The summed E-state index contributed by atoms with van der Waals surface area (Å²) >= 11 is 25.5. The molecule has 5 N–H and O–H groups in total. The Balaban J connectivity index is 0.000000158. The number of halogens is 4. The van der Waals surface area contributed by atoms with Gasteiger partial charge >= 0.3 is 0 Å². The molecule has 0 radical (unpaired) electrons. The number of anilines is 14. The van der Waals surface area contributed by atoms with Crippen LogP contribution in [0.15, 0.2) is 188 Å². The molecule has 3 aliphatic heterocycles. The minimum Gasteiger partial charge on any atom is -0.496 e. The Hall–Kier alpha value is -10.4. The van der Waals surface area contributed by atoms with Gasteiger partial charge in [-0.15, -0.1) is 0 Å². The highest BCUT2D eigenvalue weighted by molar-refractivity contribution is 7.92. The van der Waals surface area contributed by atoms with Crippen molar-refractivity contribution < 1.29 is 54.0 Å². The van der Waals surface area contributed by atoms with E-state index >= 15 is 0 Å². The van der Waals surface area contributed by atoms with E-state index in [1.807, 2.05) is 117 Å². The van der Waals surface area contributed by atoms with Gasteiger partial charge in [-0.05, 0) is 197 Å². The molecule has 5 aromatic heterocycles. The van der Waals surface area contributed by atoms with Gasteiger partial charge < -0.3 is 78.5 Å². The quantitative estimate of drug-likeness (QED) is 0.0261. The Kier molecular flexibility index (Phi) is 34.8. The topological polar surface area (TPSA) is 371 Å². The number of benzene rings is 7. The van der Waals surface area contributed by atoms with Gasteiger partial charge in [-0.2, -0.15) is 20.1 Å². The summed E-state index contributed by atoms with van der Waals surface area (Å²) in [6, 6.07) is 46.1. The molecule has 42 heteroatoms. The van der Waals surface area contributed by atoms with Crippen molar-refractivity contribution >= 4 is 197 Å². The van der Waals surface area contributed by atoms with Crippen LogP contribution in [-0.4, -0.2) is 245 Å². The predicted molar refractivity (Wildman–Crippen MR) is 569 cm³/mol. The molecule has 0 spiro atoms. The summed E-state index contributed by atoms with van der Waals surface area (Å²) in [6.07, 6.45) is 15.4. The maximum atomic E-state index is 12.9. The highest BCUT2D eigenvalue weighted by Gasteiger charge is 2.36. The lowest BCUT2D eigenvalue weighted by Gasteiger charge is -2.43. The first-order chi connectivity index (χ1) is 65.8. The van der Waals surface area contributed by atoms with Crippen LogP contribution in [0.2, 0.25) is 20.1 Å². The number of hydrogen-bond acceptors (Lipinski definition) is 31. The third-order valence-electron chi connectivity index (χ3n) is 23.7. The molecule has 1 aliphatic carbocycles. The van der Waals surface area contributed by atoms with Crippen LogP contribution in [0.3, 0.4) is 0 Å². The molecule has 0 atom stereocenters. The molecule has 16 rings (SSSR count). The number of nitrogens with one attached hydrogen (secondary N) is 5. The molecule has 139 heavy (non-hydrogen) atoms. The number of nitrogens with zero attached hydrogens (tertiary/aromatic N) is 15. The largest absolute Gasteiger partial charge is 0.496 e. The smallest absolute Gasteiger partial charge is 0.229 e. The van der Waals surface area contributed by atoms with Crippen molar-refractivity contribution in [3.05, 3.63) is 214 Å². The molecule has 740 valence electrons. The van der Waals surface area contributed by atoms with Gasteiger partial charge in [0, 0.05) is 135 Å². The van der Waals surface area contributed by atoms with Gasteiger partial charge in [-0.25, -0.2) is 41.8 Å². The number of aromatic nitrogens is 10. The number of piperazine rings is 1. The molecular formula is C97H120Cl4N20O12P4S2. The van der Waals surface area contributed by atoms with Gasteiger partial charge in [0.25, 0.3) is 0 Å². The molecule has 8 heterocycles. The van der Waals surface area contributed by atoms with Crippen LogP contribution in [-0.2, 0) is 51.4 Å². The zero-order chi connectivity index (χ0) is 100. The molecule has 7 aromatic carbocycles. The molecule has 12 aromatic rings. The molecule has 32 nitrogen and oxygen atoms in total. The maximum Gasteiger partial charge on any atom is 0.229 e. The van der Waals surface area contributed by atoms with Crippen LogP contribution in [0.1, 0.15) is 64.8 Å². The van der Waals surface area contributed by atoms with E-state index in [0.29, 0.717) is 133 Å². The van der Waals surface area contributed by atoms with Crippen molar-refractivity contribution in [2.75, 3.05) is 187 Å². The number of rotatable bonds is 30. The lowest BCUT2D eigenvalue weighted by molar-refractivity contribution is 0.0809. The van der Waals surface area contributed by atoms with Crippen LogP contribution in [0, 0.1) is 0 Å². The second-order valence-electron chi connectivity index (χ2n) is 36.2. The molecule has 1 saturated carbocycles. The Bertz CT molecular complexity index is 6840. The van der Waals surface area contributed by atoms with Crippen molar-refractivity contribution in [2.24, 2.45) is 7.05 Å². The lowest BCUT2D eigenvalue weighted by atomic mass is 10.0. The number of sulfone groups is 2.